The van der Waals surface area contributed by atoms with Crippen LogP contribution in [0.1, 0.15) is 48.6 Å². The molecule has 42 heavy (non-hydrogen) atoms. The summed E-state index contributed by atoms with van der Waals surface area (Å²) in [5, 5.41) is 0. The fourth-order valence-electron chi connectivity index (χ4n) is 5.24. The maximum absolute atomic E-state index is 13.4. The van der Waals surface area contributed by atoms with Crippen LogP contribution in [0, 0.1) is 0 Å². The van der Waals surface area contributed by atoms with Gasteiger partial charge >= 0.3 is 12.3 Å². The van der Waals surface area contributed by atoms with Crippen LogP contribution in [0.3, 0.4) is 0 Å². The normalized spacial score (nSPS) is 13.4. The highest BCUT2D eigenvalue weighted by molar-refractivity contribution is 5.81. The van der Waals surface area contributed by atoms with Crippen LogP contribution in [0.2, 0.25) is 0 Å². The largest absolute Gasteiger partial charge is 0.444 e. The fourth-order valence-corrected chi connectivity index (χ4v) is 5.24. The molecule has 218 valence electrons. The molecular formula is C35H35F3N2O2. The summed E-state index contributed by atoms with van der Waals surface area (Å²) in [7, 11) is 0. The van der Waals surface area contributed by atoms with Gasteiger partial charge in [0.15, 0.2) is 0 Å². The number of hydrogen-bond acceptors (Lipinski definition) is 3. The van der Waals surface area contributed by atoms with E-state index in [0.29, 0.717) is 38.2 Å². The van der Waals surface area contributed by atoms with Gasteiger partial charge in [-0.1, -0.05) is 72.8 Å². The van der Waals surface area contributed by atoms with Gasteiger partial charge in [-0.3, -0.25) is 0 Å². The summed E-state index contributed by atoms with van der Waals surface area (Å²) in [6.45, 7) is 7.65. The van der Waals surface area contributed by atoms with Crippen molar-refractivity contribution in [1.82, 2.24) is 4.90 Å². The smallest absolute Gasteiger partial charge is 0.416 e. The number of fused-ring (bicyclic) bond motifs is 1. The van der Waals surface area contributed by atoms with Crippen molar-refractivity contribution < 1.29 is 22.7 Å². The highest BCUT2D eigenvalue weighted by Crippen LogP contribution is 2.39. The van der Waals surface area contributed by atoms with Crippen LogP contribution in [0.15, 0.2) is 97.1 Å². The quantitative estimate of drug-likeness (QED) is 0.231. The van der Waals surface area contributed by atoms with Gasteiger partial charge in [0.1, 0.15) is 5.60 Å². The second kappa shape index (κ2) is 11.9. The minimum atomic E-state index is -4.42. The van der Waals surface area contributed by atoms with E-state index in [1.54, 1.807) is 4.90 Å². The van der Waals surface area contributed by atoms with Crippen molar-refractivity contribution in [3.8, 4) is 11.1 Å². The molecule has 5 rings (SSSR count). The van der Waals surface area contributed by atoms with Gasteiger partial charge in [0, 0.05) is 37.4 Å². The van der Waals surface area contributed by atoms with E-state index in [4.69, 9.17) is 4.74 Å². The number of rotatable bonds is 6. The molecule has 7 heteroatoms. The molecule has 0 aromatic heterocycles. The second-order valence-electron chi connectivity index (χ2n) is 11.7. The Kier molecular flexibility index (Phi) is 8.30. The van der Waals surface area contributed by atoms with Gasteiger partial charge in [0.25, 0.3) is 0 Å². The standard InChI is InChI=1S/C35H35F3N2O2/c1-34(2,3)42-33(41)39-19-18-28-21-32(31(20-29(28)24-39)27-14-16-30(17-15-27)35(36,37)38)40(22-25-10-6-4-7-11-25)23-26-12-8-5-9-13-26/h4-17,20-21H,18-19,22-24H2,1-3H3. The maximum Gasteiger partial charge on any atom is 0.416 e. The molecule has 4 aromatic rings. The zero-order chi connectivity index (χ0) is 29.9. The molecule has 0 fully saturated rings. The molecule has 0 saturated heterocycles. The van der Waals surface area contributed by atoms with Crippen LogP contribution in [-0.4, -0.2) is 23.1 Å². The minimum absolute atomic E-state index is 0.371. The van der Waals surface area contributed by atoms with Crippen LogP contribution in [-0.2, 0) is 37.0 Å². The molecular weight excluding hydrogens is 537 g/mol. The first-order chi connectivity index (χ1) is 20.0. The molecule has 0 saturated carbocycles. The van der Waals surface area contributed by atoms with Crippen LogP contribution < -0.4 is 4.90 Å². The summed E-state index contributed by atoms with van der Waals surface area (Å²) in [5.41, 5.74) is 5.47. The van der Waals surface area contributed by atoms with E-state index >= 15 is 0 Å². The van der Waals surface area contributed by atoms with Crippen molar-refractivity contribution in [2.75, 3.05) is 11.4 Å². The molecule has 1 aliphatic rings. The molecule has 1 aliphatic heterocycles. The fraction of sp³-hybridized carbons (Fsp3) is 0.286. The molecule has 4 aromatic carbocycles. The highest BCUT2D eigenvalue weighted by atomic mass is 19.4. The molecule has 0 atom stereocenters. The van der Waals surface area contributed by atoms with Gasteiger partial charge in [0.2, 0.25) is 0 Å². The summed E-state index contributed by atoms with van der Waals surface area (Å²) in [4.78, 5) is 16.8. The first kappa shape index (κ1) is 29.2. The van der Waals surface area contributed by atoms with Crippen molar-refractivity contribution in [2.45, 2.75) is 58.6 Å². The average molecular weight is 573 g/mol. The van der Waals surface area contributed by atoms with Crippen molar-refractivity contribution in [3.05, 3.63) is 125 Å². The zero-order valence-electron chi connectivity index (χ0n) is 24.1. The lowest BCUT2D eigenvalue weighted by Gasteiger charge is -2.34. The monoisotopic (exact) mass is 572 g/mol. The van der Waals surface area contributed by atoms with Gasteiger partial charge in [-0.05, 0) is 79.3 Å². The zero-order valence-corrected chi connectivity index (χ0v) is 24.1. The molecule has 0 aliphatic carbocycles. The number of amides is 1. The Morgan fingerprint density at radius 3 is 1.90 bits per heavy atom. The van der Waals surface area contributed by atoms with Crippen LogP contribution >= 0.6 is 0 Å². The number of carbonyl (C=O) groups excluding carboxylic acids is 1. The summed E-state index contributed by atoms with van der Waals surface area (Å²) in [5.74, 6) is 0. The third kappa shape index (κ3) is 7.14. The first-order valence-corrected chi connectivity index (χ1v) is 14.1. The van der Waals surface area contributed by atoms with Crippen LogP contribution in [0.4, 0.5) is 23.7 Å². The molecule has 0 bridgehead atoms. The number of halogens is 3. The first-order valence-electron chi connectivity index (χ1n) is 14.1. The van der Waals surface area contributed by atoms with E-state index in [0.717, 1.165) is 45.6 Å². The molecule has 4 nitrogen and oxygen atoms in total. The molecule has 0 radical (unpaired) electrons. The van der Waals surface area contributed by atoms with E-state index < -0.39 is 17.3 Å². The Balaban J connectivity index is 1.59. The molecule has 0 spiro atoms. The highest BCUT2D eigenvalue weighted by Gasteiger charge is 2.31. The van der Waals surface area contributed by atoms with E-state index in [9.17, 15) is 18.0 Å². The Labute approximate surface area is 245 Å². The SMILES string of the molecule is CC(C)(C)OC(=O)N1CCc2cc(N(Cc3ccccc3)Cc3ccccc3)c(-c3ccc(C(F)(F)F)cc3)cc2C1. The maximum atomic E-state index is 13.4. The van der Waals surface area contributed by atoms with Gasteiger partial charge < -0.3 is 14.5 Å². The number of alkyl halides is 3. The lowest BCUT2D eigenvalue weighted by molar-refractivity contribution is -0.137. The van der Waals surface area contributed by atoms with E-state index in [1.165, 1.54) is 12.1 Å². The Bertz CT molecular complexity index is 1470. The third-order valence-corrected chi connectivity index (χ3v) is 7.28. The van der Waals surface area contributed by atoms with Crippen LogP contribution in [0.5, 0.6) is 0 Å². The van der Waals surface area contributed by atoms with E-state index in [-0.39, 0.29) is 6.09 Å². The predicted molar refractivity (Wildman–Crippen MR) is 160 cm³/mol. The number of carbonyl (C=O) groups is 1. The third-order valence-electron chi connectivity index (χ3n) is 7.28. The molecule has 0 unspecified atom stereocenters. The molecule has 1 heterocycles. The Morgan fingerprint density at radius 1 is 0.810 bits per heavy atom. The molecule has 1 amide bonds. The number of ether oxygens (including phenoxy) is 1. The van der Waals surface area contributed by atoms with Crippen molar-refractivity contribution in [1.29, 1.82) is 0 Å². The van der Waals surface area contributed by atoms with Crippen molar-refractivity contribution in [3.63, 3.8) is 0 Å². The summed E-state index contributed by atoms with van der Waals surface area (Å²) < 4.78 is 45.9. The topological polar surface area (TPSA) is 32.8 Å². The number of nitrogens with zero attached hydrogens (tertiary/aromatic N) is 2. The predicted octanol–water partition coefficient (Wildman–Crippen LogP) is 8.87. The number of benzene rings is 4. The Hall–Kier alpha value is -4.26. The number of hydrogen-bond donors (Lipinski definition) is 0. The summed E-state index contributed by atoms with van der Waals surface area (Å²) >= 11 is 0. The van der Waals surface area contributed by atoms with Crippen LogP contribution in [0.25, 0.3) is 11.1 Å². The van der Waals surface area contributed by atoms with Gasteiger partial charge in [-0.15, -0.1) is 0 Å². The summed E-state index contributed by atoms with van der Waals surface area (Å²) in [6.07, 6.45) is -4.14. The van der Waals surface area contributed by atoms with Crippen molar-refractivity contribution in [2.24, 2.45) is 0 Å². The molecule has 0 N–H and O–H groups in total. The average Bonchev–Trinajstić information content (AvgIpc) is 2.96. The lowest BCUT2D eigenvalue weighted by Crippen LogP contribution is -2.40. The summed E-state index contributed by atoms with van der Waals surface area (Å²) in [6, 6.07) is 29.8. The van der Waals surface area contributed by atoms with Gasteiger partial charge in [-0.25, -0.2) is 4.79 Å². The Morgan fingerprint density at radius 2 is 1.38 bits per heavy atom. The van der Waals surface area contributed by atoms with E-state index in [2.05, 4.69) is 35.2 Å². The second-order valence-corrected chi connectivity index (χ2v) is 11.7. The van der Waals surface area contributed by atoms with Gasteiger partial charge in [-0.2, -0.15) is 13.2 Å². The van der Waals surface area contributed by atoms with Gasteiger partial charge in [0.05, 0.1) is 5.56 Å². The minimum Gasteiger partial charge on any atom is -0.444 e. The van der Waals surface area contributed by atoms with E-state index in [1.807, 2.05) is 63.2 Å². The van der Waals surface area contributed by atoms with Crippen molar-refractivity contribution >= 4 is 11.8 Å². The lowest BCUT2D eigenvalue weighted by atomic mass is 9.92. The number of anilines is 1.